The normalized spacial score (nSPS) is 16.5. The summed E-state index contributed by atoms with van der Waals surface area (Å²) < 4.78 is 5.75. The quantitative estimate of drug-likeness (QED) is 0.292. The van der Waals surface area contributed by atoms with Crippen LogP contribution in [0.3, 0.4) is 0 Å². The van der Waals surface area contributed by atoms with E-state index in [0.717, 1.165) is 48.6 Å². The van der Waals surface area contributed by atoms with Gasteiger partial charge in [0.1, 0.15) is 10.8 Å². The van der Waals surface area contributed by atoms with Gasteiger partial charge in [-0.2, -0.15) is 0 Å². The Bertz CT molecular complexity index is 725. The summed E-state index contributed by atoms with van der Waals surface area (Å²) in [5.74, 6) is 2.31. The van der Waals surface area contributed by atoms with Crippen LogP contribution >= 0.6 is 35.3 Å². The van der Waals surface area contributed by atoms with Gasteiger partial charge in [-0.15, -0.1) is 35.3 Å². The summed E-state index contributed by atoms with van der Waals surface area (Å²) in [6, 6.07) is 4.28. The van der Waals surface area contributed by atoms with Crippen LogP contribution in [-0.4, -0.2) is 42.0 Å². The molecule has 3 heterocycles. The van der Waals surface area contributed by atoms with Gasteiger partial charge in [0.25, 0.3) is 0 Å². The topological polar surface area (TPSA) is 65.7 Å². The smallest absolute Gasteiger partial charge is 0.191 e. The summed E-state index contributed by atoms with van der Waals surface area (Å²) in [5, 5.41) is 10.1. The second-order valence-electron chi connectivity index (χ2n) is 7.52. The third kappa shape index (κ3) is 7.25. The lowest BCUT2D eigenvalue weighted by atomic mass is 10.1. The molecule has 0 aromatic carbocycles. The molecule has 1 aliphatic heterocycles. The Morgan fingerprint density at radius 1 is 1.28 bits per heavy atom. The van der Waals surface area contributed by atoms with Crippen molar-refractivity contribution in [3.05, 3.63) is 40.2 Å². The number of likely N-dealkylation sites (tertiary alicyclic amines) is 1. The van der Waals surface area contributed by atoms with Crippen LogP contribution in [0.1, 0.15) is 68.5 Å². The minimum atomic E-state index is 0. The largest absolute Gasteiger partial charge is 0.468 e. The first kappa shape index (κ1) is 24.1. The molecule has 6 nitrogen and oxygen atoms in total. The van der Waals surface area contributed by atoms with Crippen molar-refractivity contribution in [3.8, 4) is 0 Å². The predicted octanol–water partition coefficient (Wildman–Crippen LogP) is 4.76. The highest BCUT2D eigenvalue weighted by atomic mass is 127. The third-order valence-corrected chi connectivity index (χ3v) is 5.90. The van der Waals surface area contributed by atoms with E-state index in [-0.39, 0.29) is 30.0 Å². The van der Waals surface area contributed by atoms with Crippen molar-refractivity contribution in [2.45, 2.75) is 58.5 Å². The number of nitrogens with zero attached hydrogens (tertiary/aromatic N) is 3. The molecule has 2 N–H and O–H groups in total. The first-order valence-corrected chi connectivity index (χ1v) is 11.3. The third-order valence-electron chi connectivity index (χ3n) is 5.04. The Hall–Kier alpha value is -1.13. The lowest BCUT2D eigenvalue weighted by molar-refractivity contribution is 0.146. The molecule has 0 radical (unpaired) electrons. The molecule has 29 heavy (non-hydrogen) atoms. The van der Waals surface area contributed by atoms with E-state index in [1.807, 2.05) is 6.07 Å². The molecule has 3 rings (SSSR count). The molecule has 1 atom stereocenters. The standard InChI is InChI=1S/C21H33N5OS.HI/c1-4-22-21(24-14-20-25-17(15-28-20)16(2)3)23-13-18(19-9-8-12-27-19)26-10-6-5-7-11-26;/h8-9,12,15-16,18H,4-7,10-11,13-14H2,1-3H3,(H2,22,23,24);1H. The minimum Gasteiger partial charge on any atom is -0.468 e. The first-order chi connectivity index (χ1) is 13.7. The summed E-state index contributed by atoms with van der Waals surface area (Å²) in [4.78, 5) is 12.0. The number of aromatic nitrogens is 1. The highest BCUT2D eigenvalue weighted by molar-refractivity contribution is 14.0. The molecule has 8 heteroatoms. The van der Waals surface area contributed by atoms with Crippen molar-refractivity contribution in [2.24, 2.45) is 4.99 Å². The van der Waals surface area contributed by atoms with Crippen LogP contribution in [0.2, 0.25) is 0 Å². The number of thiazole rings is 1. The highest BCUT2D eigenvalue weighted by Gasteiger charge is 2.24. The molecular formula is C21H34IN5OS. The molecular weight excluding hydrogens is 497 g/mol. The molecule has 2 aromatic heterocycles. The second-order valence-corrected chi connectivity index (χ2v) is 8.47. The molecule has 0 amide bonds. The zero-order valence-electron chi connectivity index (χ0n) is 17.7. The van der Waals surface area contributed by atoms with E-state index in [1.165, 1.54) is 19.3 Å². The lowest BCUT2D eigenvalue weighted by Crippen LogP contribution is -2.44. The molecule has 2 aromatic rings. The fourth-order valence-corrected chi connectivity index (χ4v) is 4.34. The molecule has 1 unspecified atom stereocenters. The predicted molar refractivity (Wildman–Crippen MR) is 131 cm³/mol. The summed E-state index contributed by atoms with van der Waals surface area (Å²) in [5.41, 5.74) is 1.15. The van der Waals surface area contributed by atoms with Gasteiger partial charge in [0, 0.05) is 18.5 Å². The van der Waals surface area contributed by atoms with Gasteiger partial charge < -0.3 is 15.1 Å². The van der Waals surface area contributed by atoms with E-state index in [9.17, 15) is 0 Å². The Morgan fingerprint density at radius 3 is 2.69 bits per heavy atom. The Labute approximate surface area is 195 Å². The van der Waals surface area contributed by atoms with Crippen molar-refractivity contribution in [1.82, 2.24) is 20.5 Å². The van der Waals surface area contributed by atoms with Gasteiger partial charge in [0.2, 0.25) is 0 Å². The number of furan rings is 1. The van der Waals surface area contributed by atoms with Crippen LogP contribution in [0.15, 0.2) is 33.2 Å². The summed E-state index contributed by atoms with van der Waals surface area (Å²) in [7, 11) is 0. The lowest BCUT2D eigenvalue weighted by Gasteiger charge is -2.33. The molecule has 162 valence electrons. The first-order valence-electron chi connectivity index (χ1n) is 10.4. The monoisotopic (exact) mass is 531 g/mol. The number of aliphatic imine (C=N–C) groups is 1. The van der Waals surface area contributed by atoms with Crippen LogP contribution in [0.5, 0.6) is 0 Å². The van der Waals surface area contributed by atoms with Crippen LogP contribution in [0.4, 0.5) is 0 Å². The number of hydrogen-bond acceptors (Lipinski definition) is 5. The number of hydrogen-bond donors (Lipinski definition) is 2. The van der Waals surface area contributed by atoms with Crippen molar-refractivity contribution < 1.29 is 4.42 Å². The van der Waals surface area contributed by atoms with Crippen LogP contribution in [-0.2, 0) is 6.54 Å². The Morgan fingerprint density at radius 2 is 2.07 bits per heavy atom. The fourth-order valence-electron chi connectivity index (χ4n) is 3.47. The highest BCUT2D eigenvalue weighted by Crippen LogP contribution is 2.24. The molecule has 0 saturated carbocycles. The zero-order chi connectivity index (χ0) is 19.8. The summed E-state index contributed by atoms with van der Waals surface area (Å²) in [6.07, 6.45) is 5.60. The van der Waals surface area contributed by atoms with Gasteiger partial charge >= 0.3 is 0 Å². The zero-order valence-corrected chi connectivity index (χ0v) is 20.8. The van der Waals surface area contributed by atoms with E-state index in [0.29, 0.717) is 12.5 Å². The van der Waals surface area contributed by atoms with Gasteiger partial charge in [-0.25, -0.2) is 9.98 Å². The number of piperidine rings is 1. The van der Waals surface area contributed by atoms with Crippen LogP contribution in [0.25, 0.3) is 0 Å². The maximum absolute atomic E-state index is 5.75. The van der Waals surface area contributed by atoms with E-state index >= 15 is 0 Å². The van der Waals surface area contributed by atoms with E-state index in [1.54, 1.807) is 17.6 Å². The molecule has 1 fully saturated rings. The van der Waals surface area contributed by atoms with Gasteiger partial charge in [0.05, 0.1) is 24.5 Å². The fraction of sp³-hybridized carbons (Fsp3) is 0.619. The molecule has 1 aliphatic rings. The van der Waals surface area contributed by atoms with E-state index in [2.05, 4.69) is 52.7 Å². The average molecular weight is 532 g/mol. The number of rotatable bonds is 8. The second kappa shape index (κ2) is 12.5. The molecule has 0 aliphatic carbocycles. The van der Waals surface area contributed by atoms with Crippen molar-refractivity contribution in [2.75, 3.05) is 26.2 Å². The average Bonchev–Trinajstić information content (AvgIpc) is 3.39. The maximum atomic E-state index is 5.75. The summed E-state index contributed by atoms with van der Waals surface area (Å²) in [6.45, 7) is 10.9. The van der Waals surface area contributed by atoms with Crippen LogP contribution < -0.4 is 10.6 Å². The molecule has 0 bridgehead atoms. The molecule has 1 saturated heterocycles. The van der Waals surface area contributed by atoms with E-state index in [4.69, 9.17) is 9.41 Å². The Balaban J connectivity index is 0.00000300. The SMILES string of the molecule is CCNC(=NCc1nc(C(C)C)cs1)NCC(c1ccco1)N1CCCCC1.I. The summed E-state index contributed by atoms with van der Waals surface area (Å²) >= 11 is 1.69. The van der Waals surface area contributed by atoms with Crippen molar-refractivity contribution in [3.63, 3.8) is 0 Å². The van der Waals surface area contributed by atoms with Crippen LogP contribution in [0, 0.1) is 0 Å². The van der Waals surface area contributed by atoms with Gasteiger partial charge in [-0.1, -0.05) is 20.3 Å². The van der Waals surface area contributed by atoms with Gasteiger partial charge in [0.15, 0.2) is 5.96 Å². The number of guanidine groups is 1. The number of nitrogens with one attached hydrogen (secondary N) is 2. The number of halogens is 1. The molecule has 0 spiro atoms. The van der Waals surface area contributed by atoms with Crippen molar-refractivity contribution >= 4 is 41.3 Å². The minimum absolute atomic E-state index is 0. The van der Waals surface area contributed by atoms with Gasteiger partial charge in [-0.3, -0.25) is 4.90 Å². The maximum Gasteiger partial charge on any atom is 0.191 e. The van der Waals surface area contributed by atoms with Crippen molar-refractivity contribution in [1.29, 1.82) is 0 Å². The Kier molecular flexibility index (Phi) is 10.4. The van der Waals surface area contributed by atoms with E-state index < -0.39 is 0 Å². The van der Waals surface area contributed by atoms with Gasteiger partial charge in [-0.05, 0) is 50.9 Å².